The number of hydrogen-bond acceptors (Lipinski definition) is 2. The Morgan fingerprint density at radius 1 is 1.14 bits per heavy atom. The van der Waals surface area contributed by atoms with Crippen LogP contribution in [0, 0.1) is 11.6 Å². The minimum absolute atomic E-state index is 0.341. The Kier molecular flexibility index (Phi) is 3.63. The van der Waals surface area contributed by atoms with Gasteiger partial charge in [0.25, 0.3) is 0 Å². The summed E-state index contributed by atoms with van der Waals surface area (Å²) in [5.41, 5.74) is 1.97. The molecule has 0 aliphatic carbocycles. The number of fused-ring (bicyclic) bond motifs is 1. The van der Waals surface area contributed by atoms with Crippen LogP contribution in [0.2, 0.25) is 0 Å². The van der Waals surface area contributed by atoms with Crippen LogP contribution in [0.1, 0.15) is 15.9 Å². The van der Waals surface area contributed by atoms with Gasteiger partial charge in [0.2, 0.25) is 0 Å². The average molecular weight is 301 g/mol. The second-order valence-corrected chi connectivity index (χ2v) is 4.96. The molecule has 0 unspecified atom stereocenters. The number of benzene rings is 2. The fraction of sp³-hybridized carbons (Fsp3) is 0.118. The van der Waals surface area contributed by atoms with E-state index < -0.39 is 11.6 Å². The summed E-state index contributed by atoms with van der Waals surface area (Å²) >= 11 is 0. The van der Waals surface area contributed by atoms with E-state index in [1.54, 1.807) is 25.4 Å². The van der Waals surface area contributed by atoms with Gasteiger partial charge in [-0.25, -0.2) is 8.78 Å². The smallest absolute Gasteiger partial charge is 0.159 e. The Morgan fingerprint density at radius 2 is 1.95 bits per heavy atom. The molecule has 0 aliphatic rings. The van der Waals surface area contributed by atoms with Crippen LogP contribution in [0.3, 0.4) is 0 Å². The molecule has 22 heavy (non-hydrogen) atoms. The zero-order chi connectivity index (χ0) is 15.7. The van der Waals surface area contributed by atoms with E-state index in [-0.39, 0.29) is 0 Å². The van der Waals surface area contributed by atoms with Crippen LogP contribution < -0.4 is 4.74 Å². The number of aldehydes is 1. The molecule has 0 saturated heterocycles. The molecule has 0 N–H and O–H groups in total. The summed E-state index contributed by atoms with van der Waals surface area (Å²) in [6.07, 6.45) is 2.46. The Hall–Kier alpha value is -2.69. The first-order valence-corrected chi connectivity index (χ1v) is 6.68. The van der Waals surface area contributed by atoms with Crippen LogP contribution >= 0.6 is 0 Å². The molecule has 0 saturated carbocycles. The Morgan fingerprint density at radius 3 is 2.64 bits per heavy atom. The summed E-state index contributed by atoms with van der Waals surface area (Å²) in [4.78, 5) is 11.2. The molecular formula is C17H13F2NO2. The van der Waals surface area contributed by atoms with Crippen molar-refractivity contribution in [1.29, 1.82) is 0 Å². The van der Waals surface area contributed by atoms with Gasteiger partial charge >= 0.3 is 0 Å². The topological polar surface area (TPSA) is 31.2 Å². The lowest BCUT2D eigenvalue weighted by molar-refractivity contribution is 0.112. The van der Waals surface area contributed by atoms with E-state index >= 15 is 0 Å². The van der Waals surface area contributed by atoms with E-state index in [0.717, 1.165) is 29.3 Å². The molecule has 3 aromatic rings. The largest absolute Gasteiger partial charge is 0.497 e. The Bertz CT molecular complexity index is 855. The molecule has 0 radical (unpaired) electrons. The van der Waals surface area contributed by atoms with Crippen molar-refractivity contribution in [3.63, 3.8) is 0 Å². The van der Waals surface area contributed by atoms with E-state index in [0.29, 0.717) is 23.4 Å². The zero-order valence-electron chi connectivity index (χ0n) is 11.8. The maximum absolute atomic E-state index is 13.3. The third-order valence-corrected chi connectivity index (χ3v) is 3.58. The van der Waals surface area contributed by atoms with Crippen LogP contribution in [-0.4, -0.2) is 18.0 Å². The van der Waals surface area contributed by atoms with E-state index in [1.807, 2.05) is 10.6 Å². The van der Waals surface area contributed by atoms with E-state index in [4.69, 9.17) is 4.74 Å². The maximum Gasteiger partial charge on any atom is 0.159 e. The lowest BCUT2D eigenvalue weighted by Crippen LogP contribution is -1.99. The molecule has 0 amide bonds. The highest BCUT2D eigenvalue weighted by Gasteiger charge is 2.10. The quantitative estimate of drug-likeness (QED) is 0.687. The number of ether oxygens (including phenoxy) is 1. The van der Waals surface area contributed by atoms with Gasteiger partial charge in [0.1, 0.15) is 5.75 Å². The molecule has 0 spiro atoms. The summed E-state index contributed by atoms with van der Waals surface area (Å²) in [7, 11) is 1.56. The van der Waals surface area contributed by atoms with Crippen LogP contribution in [0.15, 0.2) is 42.6 Å². The van der Waals surface area contributed by atoms with E-state index in [2.05, 4.69) is 0 Å². The van der Waals surface area contributed by atoms with Gasteiger partial charge in [-0.15, -0.1) is 0 Å². The van der Waals surface area contributed by atoms with Gasteiger partial charge in [0.05, 0.1) is 7.11 Å². The number of carbonyl (C=O) groups is 1. The fourth-order valence-corrected chi connectivity index (χ4v) is 2.49. The third-order valence-electron chi connectivity index (χ3n) is 3.58. The predicted molar refractivity (Wildman–Crippen MR) is 79.3 cm³/mol. The summed E-state index contributed by atoms with van der Waals surface area (Å²) in [5, 5.41) is 0.761. The molecule has 3 nitrogen and oxygen atoms in total. The number of methoxy groups -OCH3 is 1. The fourth-order valence-electron chi connectivity index (χ4n) is 2.49. The second-order valence-electron chi connectivity index (χ2n) is 4.96. The highest BCUT2D eigenvalue weighted by Crippen LogP contribution is 2.26. The van der Waals surface area contributed by atoms with Crippen molar-refractivity contribution in [3.05, 3.63) is 65.4 Å². The Labute approximate surface area is 125 Å². The summed E-state index contributed by atoms with van der Waals surface area (Å²) in [6, 6.07) is 9.18. The van der Waals surface area contributed by atoms with Crippen LogP contribution in [-0.2, 0) is 6.54 Å². The number of nitrogens with zero attached hydrogens (tertiary/aromatic N) is 1. The molecule has 1 aromatic heterocycles. The summed E-state index contributed by atoms with van der Waals surface area (Å²) < 4.78 is 33.3. The average Bonchev–Trinajstić information content (AvgIpc) is 2.88. The minimum Gasteiger partial charge on any atom is -0.497 e. The predicted octanol–water partition coefficient (Wildman–Crippen LogP) is 3.79. The van der Waals surface area contributed by atoms with Gasteiger partial charge in [0, 0.05) is 29.2 Å². The SMILES string of the molecule is COc1ccc2c(c1)c(C=O)cn2Cc1ccc(F)c(F)c1. The van der Waals surface area contributed by atoms with Gasteiger partial charge in [-0.1, -0.05) is 6.07 Å². The third kappa shape index (κ3) is 2.45. The lowest BCUT2D eigenvalue weighted by Gasteiger charge is -2.07. The number of carbonyl (C=O) groups excluding carboxylic acids is 1. The molecule has 0 fully saturated rings. The molecule has 0 atom stereocenters. The number of hydrogen-bond donors (Lipinski definition) is 0. The molecule has 2 aromatic carbocycles. The van der Waals surface area contributed by atoms with Gasteiger partial charge in [0.15, 0.2) is 17.9 Å². The molecule has 1 heterocycles. The second kappa shape index (κ2) is 5.60. The first-order chi connectivity index (χ1) is 10.6. The summed E-state index contributed by atoms with van der Waals surface area (Å²) in [5.74, 6) is -1.10. The highest BCUT2D eigenvalue weighted by molar-refractivity contribution is 5.98. The van der Waals surface area contributed by atoms with Crippen molar-refractivity contribution in [3.8, 4) is 5.75 Å². The molecular weight excluding hydrogens is 288 g/mol. The van der Waals surface area contributed by atoms with Gasteiger partial charge < -0.3 is 9.30 Å². The lowest BCUT2D eigenvalue weighted by atomic mass is 10.2. The summed E-state index contributed by atoms with van der Waals surface area (Å²) in [6.45, 7) is 0.341. The number of aromatic nitrogens is 1. The number of rotatable bonds is 4. The van der Waals surface area contributed by atoms with Crippen molar-refractivity contribution < 1.29 is 18.3 Å². The van der Waals surface area contributed by atoms with Crippen molar-refractivity contribution in [2.45, 2.75) is 6.54 Å². The van der Waals surface area contributed by atoms with E-state index in [1.165, 1.54) is 6.07 Å². The van der Waals surface area contributed by atoms with Gasteiger partial charge in [-0.3, -0.25) is 4.79 Å². The maximum atomic E-state index is 13.3. The van der Waals surface area contributed by atoms with Crippen molar-refractivity contribution in [1.82, 2.24) is 4.57 Å². The Balaban J connectivity index is 2.06. The molecule has 3 rings (SSSR count). The molecule has 0 bridgehead atoms. The van der Waals surface area contributed by atoms with Crippen molar-refractivity contribution in [2.24, 2.45) is 0 Å². The van der Waals surface area contributed by atoms with Crippen molar-refractivity contribution >= 4 is 17.2 Å². The molecule has 0 aliphatic heterocycles. The van der Waals surface area contributed by atoms with Crippen LogP contribution in [0.5, 0.6) is 5.75 Å². The van der Waals surface area contributed by atoms with Gasteiger partial charge in [-0.2, -0.15) is 0 Å². The molecule has 5 heteroatoms. The van der Waals surface area contributed by atoms with Crippen LogP contribution in [0.25, 0.3) is 10.9 Å². The highest BCUT2D eigenvalue weighted by atomic mass is 19.2. The molecule has 112 valence electrons. The minimum atomic E-state index is -0.883. The normalized spacial score (nSPS) is 10.9. The monoisotopic (exact) mass is 301 g/mol. The standard InChI is InChI=1S/C17H13F2NO2/c1-22-13-3-5-17-14(7-13)12(10-21)9-20(17)8-11-2-4-15(18)16(19)6-11/h2-7,9-10H,8H2,1H3. The first kappa shape index (κ1) is 14.3. The van der Waals surface area contributed by atoms with Gasteiger partial charge in [-0.05, 0) is 35.9 Å². The van der Waals surface area contributed by atoms with Crippen LogP contribution in [0.4, 0.5) is 8.78 Å². The first-order valence-electron chi connectivity index (χ1n) is 6.68. The zero-order valence-corrected chi connectivity index (χ0v) is 11.8. The van der Waals surface area contributed by atoms with Crippen molar-refractivity contribution in [2.75, 3.05) is 7.11 Å². The number of halogens is 2. The van der Waals surface area contributed by atoms with E-state index in [9.17, 15) is 13.6 Å².